The van der Waals surface area contributed by atoms with Crippen LogP contribution in [0.4, 0.5) is 13.2 Å². The summed E-state index contributed by atoms with van der Waals surface area (Å²) in [6.07, 6.45) is -0.311. The lowest BCUT2D eigenvalue weighted by atomic mass is 9.73. The van der Waals surface area contributed by atoms with Crippen LogP contribution in [0, 0.1) is 5.41 Å². The smallest absolute Gasteiger partial charge is 0.388 e. The zero-order valence-electron chi connectivity index (χ0n) is 19.5. The van der Waals surface area contributed by atoms with Crippen molar-refractivity contribution in [3.05, 3.63) is 63.5 Å². The molecule has 1 saturated carbocycles. The third kappa shape index (κ3) is 3.42. The molecule has 1 saturated heterocycles. The number of nitrogens with zero attached hydrogens (tertiary/aromatic N) is 1. The number of alkyl halides is 3. The molecule has 2 spiro atoms. The number of halogens is 3. The molecule has 1 aromatic carbocycles. The monoisotopic (exact) mass is 473 g/mol. The Morgan fingerprint density at radius 2 is 1.71 bits per heavy atom. The van der Waals surface area contributed by atoms with Crippen molar-refractivity contribution in [3.63, 3.8) is 0 Å². The summed E-state index contributed by atoms with van der Waals surface area (Å²) in [5, 5.41) is 11.4. The molecule has 7 heteroatoms. The molecule has 0 amide bonds. The van der Waals surface area contributed by atoms with Crippen molar-refractivity contribution in [3.8, 4) is 0 Å². The van der Waals surface area contributed by atoms with Crippen molar-refractivity contribution in [2.24, 2.45) is 5.41 Å². The number of ether oxygens (including phenoxy) is 2. The SMILES string of the molecule is CC(C)c1nc2c(c3c1[C@@H](c1ccc(C(F)(F)F)cc1)OC31CCOCC1)C(O)CC1(CC1)C2. The Labute approximate surface area is 197 Å². The molecular formula is C27H30F3NO3. The molecule has 4 nitrogen and oxygen atoms in total. The molecule has 2 aliphatic heterocycles. The molecule has 1 aromatic heterocycles. The van der Waals surface area contributed by atoms with Crippen LogP contribution in [0.2, 0.25) is 0 Å². The first-order chi connectivity index (χ1) is 16.1. The molecule has 1 unspecified atom stereocenters. The lowest BCUT2D eigenvalue weighted by molar-refractivity contribution is -0.137. The fourth-order valence-electron chi connectivity index (χ4n) is 6.36. The van der Waals surface area contributed by atoms with Crippen LogP contribution in [0.15, 0.2) is 24.3 Å². The number of aliphatic hydroxyl groups excluding tert-OH is 1. The van der Waals surface area contributed by atoms with Crippen LogP contribution in [0.25, 0.3) is 0 Å². The van der Waals surface area contributed by atoms with Gasteiger partial charge in [-0.15, -0.1) is 0 Å². The van der Waals surface area contributed by atoms with E-state index >= 15 is 0 Å². The number of pyridine rings is 1. The Morgan fingerprint density at radius 3 is 2.29 bits per heavy atom. The number of hydrogen-bond acceptors (Lipinski definition) is 4. The number of benzene rings is 1. The van der Waals surface area contributed by atoms with Gasteiger partial charge in [0.1, 0.15) is 6.10 Å². The molecule has 0 radical (unpaired) electrons. The molecule has 0 bridgehead atoms. The van der Waals surface area contributed by atoms with Crippen LogP contribution in [0.1, 0.15) is 103 Å². The summed E-state index contributed by atoms with van der Waals surface area (Å²) >= 11 is 0. The van der Waals surface area contributed by atoms with E-state index in [0.717, 1.165) is 65.9 Å². The van der Waals surface area contributed by atoms with Crippen LogP contribution in [0.5, 0.6) is 0 Å². The summed E-state index contributed by atoms with van der Waals surface area (Å²) in [5.41, 5.74) is 4.39. The van der Waals surface area contributed by atoms with Gasteiger partial charge in [0.05, 0.1) is 17.3 Å². The maximum absolute atomic E-state index is 13.2. The maximum atomic E-state index is 13.2. The minimum atomic E-state index is -4.39. The molecule has 4 aliphatic rings. The average molecular weight is 474 g/mol. The molecule has 2 fully saturated rings. The van der Waals surface area contributed by atoms with Crippen molar-refractivity contribution >= 4 is 0 Å². The second-order valence-corrected chi connectivity index (χ2v) is 10.9. The standard InChI is InChI=1S/C27H30F3NO3/c1-15(2)23-21-22(20-18(31-23)13-25(7-8-25)14-19(20)32)26(9-11-33-12-10-26)34-24(21)16-3-5-17(6-4-16)27(28,29)30/h3-6,15,19,24,32H,7-14H2,1-2H3/t19?,24-/m1/s1. The van der Waals surface area contributed by atoms with Gasteiger partial charge in [-0.1, -0.05) is 26.0 Å². The highest BCUT2D eigenvalue weighted by Gasteiger charge is 2.55. The number of aromatic nitrogens is 1. The molecule has 3 heterocycles. The molecule has 1 N–H and O–H groups in total. The fraction of sp³-hybridized carbons (Fsp3) is 0.593. The maximum Gasteiger partial charge on any atom is 0.416 e. The van der Waals surface area contributed by atoms with E-state index in [1.165, 1.54) is 12.1 Å². The lowest BCUT2D eigenvalue weighted by Gasteiger charge is -2.38. The zero-order valence-corrected chi connectivity index (χ0v) is 19.5. The van der Waals surface area contributed by atoms with E-state index in [1.807, 2.05) is 0 Å². The van der Waals surface area contributed by atoms with E-state index in [2.05, 4.69) is 13.8 Å². The van der Waals surface area contributed by atoms with Crippen molar-refractivity contribution in [1.82, 2.24) is 4.98 Å². The first kappa shape index (κ1) is 22.5. The number of aliphatic hydroxyl groups is 1. The van der Waals surface area contributed by atoms with E-state index in [-0.39, 0.29) is 11.3 Å². The first-order valence-corrected chi connectivity index (χ1v) is 12.3. The summed E-state index contributed by atoms with van der Waals surface area (Å²) in [6, 6.07) is 5.30. The topological polar surface area (TPSA) is 51.6 Å². The number of rotatable bonds is 2. The van der Waals surface area contributed by atoms with Gasteiger partial charge in [-0.05, 0) is 60.3 Å². The van der Waals surface area contributed by atoms with Gasteiger partial charge in [-0.2, -0.15) is 13.2 Å². The Bertz CT molecular complexity index is 1120. The predicted molar refractivity (Wildman–Crippen MR) is 119 cm³/mol. The van der Waals surface area contributed by atoms with Crippen LogP contribution in [-0.2, 0) is 27.7 Å². The molecular weight excluding hydrogens is 443 g/mol. The van der Waals surface area contributed by atoms with Crippen molar-refractivity contribution in [2.45, 2.75) is 82.3 Å². The van der Waals surface area contributed by atoms with Crippen molar-refractivity contribution in [1.29, 1.82) is 0 Å². The van der Waals surface area contributed by atoms with Gasteiger partial charge >= 0.3 is 6.18 Å². The third-order valence-electron chi connectivity index (χ3n) is 8.29. The Hall–Kier alpha value is -1.96. The summed E-state index contributed by atoms with van der Waals surface area (Å²) in [4.78, 5) is 5.13. The quantitative estimate of drug-likeness (QED) is 0.572. The van der Waals surface area contributed by atoms with Gasteiger partial charge in [0.25, 0.3) is 0 Å². The van der Waals surface area contributed by atoms with Gasteiger partial charge in [0, 0.05) is 48.6 Å². The van der Waals surface area contributed by atoms with Crippen LogP contribution >= 0.6 is 0 Å². The first-order valence-electron chi connectivity index (χ1n) is 12.3. The van der Waals surface area contributed by atoms with Crippen molar-refractivity contribution < 1.29 is 27.8 Å². The molecule has 34 heavy (non-hydrogen) atoms. The van der Waals surface area contributed by atoms with E-state index < -0.39 is 29.5 Å². The molecule has 2 aliphatic carbocycles. The summed E-state index contributed by atoms with van der Waals surface area (Å²) in [5.74, 6) is 0.115. The summed E-state index contributed by atoms with van der Waals surface area (Å²) in [6.45, 7) is 5.29. The normalized spacial score (nSPS) is 26.7. The highest BCUT2D eigenvalue weighted by Crippen LogP contribution is 2.62. The second kappa shape index (κ2) is 7.52. The largest absolute Gasteiger partial charge is 0.416 e. The molecule has 2 aromatic rings. The third-order valence-corrected chi connectivity index (χ3v) is 8.29. The average Bonchev–Trinajstić information content (AvgIpc) is 3.46. The Kier molecular flexibility index (Phi) is 4.98. The van der Waals surface area contributed by atoms with Gasteiger partial charge < -0.3 is 14.6 Å². The van der Waals surface area contributed by atoms with Gasteiger partial charge in [0.2, 0.25) is 0 Å². The van der Waals surface area contributed by atoms with Crippen LogP contribution in [0.3, 0.4) is 0 Å². The van der Waals surface area contributed by atoms with Gasteiger partial charge in [0.15, 0.2) is 0 Å². The van der Waals surface area contributed by atoms with Crippen LogP contribution in [-0.4, -0.2) is 23.3 Å². The van der Waals surface area contributed by atoms with Gasteiger partial charge in [-0.3, -0.25) is 4.98 Å². The highest BCUT2D eigenvalue weighted by atomic mass is 19.4. The Balaban J connectivity index is 1.56. The van der Waals surface area contributed by atoms with Crippen LogP contribution < -0.4 is 0 Å². The predicted octanol–water partition coefficient (Wildman–Crippen LogP) is 6.11. The minimum absolute atomic E-state index is 0.115. The zero-order chi connectivity index (χ0) is 23.9. The number of hydrogen-bond donors (Lipinski definition) is 1. The van der Waals surface area contributed by atoms with Gasteiger partial charge in [-0.25, -0.2) is 0 Å². The number of fused-ring (bicyclic) bond motifs is 4. The summed E-state index contributed by atoms with van der Waals surface area (Å²) < 4.78 is 52.1. The highest BCUT2D eigenvalue weighted by molar-refractivity contribution is 5.54. The van der Waals surface area contributed by atoms with E-state index in [0.29, 0.717) is 31.6 Å². The molecule has 182 valence electrons. The fourth-order valence-corrected chi connectivity index (χ4v) is 6.36. The van der Waals surface area contributed by atoms with E-state index in [1.54, 1.807) is 0 Å². The molecule has 2 atom stereocenters. The van der Waals surface area contributed by atoms with E-state index in [9.17, 15) is 18.3 Å². The second-order valence-electron chi connectivity index (χ2n) is 10.9. The minimum Gasteiger partial charge on any atom is -0.388 e. The lowest BCUT2D eigenvalue weighted by Crippen LogP contribution is -2.36. The summed E-state index contributed by atoms with van der Waals surface area (Å²) in [7, 11) is 0. The van der Waals surface area contributed by atoms with E-state index in [4.69, 9.17) is 14.5 Å². The van der Waals surface area contributed by atoms with Crippen molar-refractivity contribution in [2.75, 3.05) is 13.2 Å². The Morgan fingerprint density at radius 1 is 1.03 bits per heavy atom. The molecule has 6 rings (SSSR count).